The number of ether oxygens (including phenoxy) is 1. The largest absolute Gasteiger partial charge is 0.435 e. The molecular weight excluding hydrogens is 433 g/mol. The maximum Gasteiger partial charge on any atom is 0.435 e. The fourth-order valence-electron chi connectivity index (χ4n) is 3.46. The normalized spacial score (nSPS) is 15.4. The van der Waals surface area contributed by atoms with E-state index in [1.807, 2.05) is 13.8 Å². The van der Waals surface area contributed by atoms with Crippen molar-refractivity contribution in [1.29, 1.82) is 0 Å². The number of nitrogens with one attached hydrogen (secondary N) is 2. The number of hydroxylamine groups is 2. The first-order valence-electron chi connectivity index (χ1n) is 10.4. The van der Waals surface area contributed by atoms with Crippen molar-refractivity contribution in [2.45, 2.75) is 39.3 Å². The highest BCUT2D eigenvalue weighted by atomic mass is 19.4. The van der Waals surface area contributed by atoms with Crippen molar-refractivity contribution >= 4 is 24.0 Å². The fraction of sp³-hybridized carbons (Fsp3) is 0.684. The smallest absolute Gasteiger partial charge is 0.378 e. The fourth-order valence-corrected chi connectivity index (χ4v) is 3.46. The van der Waals surface area contributed by atoms with Crippen LogP contribution in [0.4, 0.5) is 24.8 Å². The number of rotatable bonds is 11. The molecule has 1 aromatic heterocycles. The van der Waals surface area contributed by atoms with Gasteiger partial charge < -0.3 is 9.64 Å². The number of carbonyl (C=O) groups excluding carboxylic acids is 2. The molecule has 1 atom stereocenters. The third kappa shape index (κ3) is 7.19. The Hall–Kier alpha value is -2.67. The topological polar surface area (TPSA) is 120 Å². The molecule has 1 aliphatic rings. The summed E-state index contributed by atoms with van der Waals surface area (Å²) in [5.41, 5.74) is 3.32. The lowest BCUT2D eigenvalue weighted by molar-refractivity contribution is -0.154. The van der Waals surface area contributed by atoms with Gasteiger partial charge in [0.2, 0.25) is 18.3 Å². The van der Waals surface area contributed by atoms with Gasteiger partial charge >= 0.3 is 6.18 Å². The highest BCUT2D eigenvalue weighted by molar-refractivity contribution is 5.80. The number of alkyl halides is 3. The van der Waals surface area contributed by atoms with Crippen LogP contribution in [0.5, 0.6) is 0 Å². The summed E-state index contributed by atoms with van der Waals surface area (Å²) in [6.07, 6.45) is -1.52. The van der Waals surface area contributed by atoms with Gasteiger partial charge in [-0.15, -0.1) is 0 Å². The first-order valence-corrected chi connectivity index (χ1v) is 10.4. The second-order valence-corrected chi connectivity index (χ2v) is 7.48. The molecule has 2 rings (SSSR count). The highest BCUT2D eigenvalue weighted by Crippen LogP contribution is 2.35. The summed E-state index contributed by atoms with van der Waals surface area (Å²) in [5.74, 6) is -1.64. The molecule has 180 valence electrons. The van der Waals surface area contributed by atoms with Gasteiger partial charge in [0.1, 0.15) is 0 Å². The van der Waals surface area contributed by atoms with Crippen LogP contribution < -0.4 is 15.8 Å². The average molecular weight is 462 g/mol. The number of morpholine rings is 1. The lowest BCUT2D eigenvalue weighted by atomic mass is 9.90. The van der Waals surface area contributed by atoms with E-state index in [1.54, 1.807) is 0 Å². The van der Waals surface area contributed by atoms with Gasteiger partial charge in [-0.25, -0.2) is 15.0 Å². The molecule has 1 fully saturated rings. The molecule has 0 spiro atoms. The van der Waals surface area contributed by atoms with Crippen molar-refractivity contribution in [2.75, 3.05) is 43.2 Å². The highest BCUT2D eigenvalue weighted by Gasteiger charge is 2.38. The molecule has 32 heavy (non-hydrogen) atoms. The molecule has 3 N–H and O–H groups in total. The van der Waals surface area contributed by atoms with Crippen molar-refractivity contribution in [1.82, 2.24) is 20.5 Å². The van der Waals surface area contributed by atoms with Crippen molar-refractivity contribution < 1.29 is 32.7 Å². The van der Waals surface area contributed by atoms with Gasteiger partial charge in [0.15, 0.2) is 5.69 Å². The molecule has 1 aliphatic heterocycles. The van der Waals surface area contributed by atoms with Gasteiger partial charge in [0.05, 0.1) is 37.6 Å². The second kappa shape index (κ2) is 11.8. The summed E-state index contributed by atoms with van der Waals surface area (Å²) in [5, 5.41) is 9.87. The number of anilines is 2. The van der Waals surface area contributed by atoms with Crippen LogP contribution in [0.15, 0.2) is 6.20 Å². The summed E-state index contributed by atoms with van der Waals surface area (Å²) in [7, 11) is 0. The van der Waals surface area contributed by atoms with Gasteiger partial charge in [-0.3, -0.25) is 25.6 Å². The third-order valence-corrected chi connectivity index (χ3v) is 5.36. The summed E-state index contributed by atoms with van der Waals surface area (Å²) in [6.45, 7) is 4.82. The van der Waals surface area contributed by atoms with Crippen LogP contribution in [0.2, 0.25) is 0 Å². The molecular formula is C19H29F3N6O4. The Morgan fingerprint density at radius 2 is 2.00 bits per heavy atom. The van der Waals surface area contributed by atoms with Crippen LogP contribution in [0, 0.1) is 11.8 Å². The zero-order valence-electron chi connectivity index (χ0n) is 18.1. The maximum atomic E-state index is 13.6. The number of hydrogen-bond donors (Lipinski definition) is 3. The summed E-state index contributed by atoms with van der Waals surface area (Å²) in [4.78, 5) is 32.3. The molecule has 0 unspecified atom stereocenters. The van der Waals surface area contributed by atoms with Crippen LogP contribution in [0.25, 0.3) is 0 Å². The van der Waals surface area contributed by atoms with Crippen LogP contribution >= 0.6 is 0 Å². The zero-order valence-corrected chi connectivity index (χ0v) is 18.1. The van der Waals surface area contributed by atoms with E-state index >= 15 is 0 Å². The van der Waals surface area contributed by atoms with E-state index < -0.39 is 29.6 Å². The maximum absolute atomic E-state index is 13.6. The van der Waals surface area contributed by atoms with Crippen LogP contribution in [0.3, 0.4) is 0 Å². The molecule has 0 aromatic carbocycles. The van der Waals surface area contributed by atoms with Crippen molar-refractivity contribution in [2.24, 2.45) is 11.8 Å². The third-order valence-electron chi connectivity index (χ3n) is 5.36. The van der Waals surface area contributed by atoms with E-state index in [0.29, 0.717) is 24.7 Å². The zero-order chi connectivity index (χ0) is 23.7. The molecule has 13 heteroatoms. The Kier molecular flexibility index (Phi) is 9.44. The standard InChI is InChI=1S/C19H29F3N6O4/c1-3-13(4-2)9-14(11-28(31)12-29)17(30)25-26-18-23-10-15(16(24-18)19(20,21)22)27-5-7-32-8-6-27/h10,12-14,31H,3-9,11H2,1-2H3,(H,25,30)(H,23,24,26)/t14-/m1/s1. The number of hydrazine groups is 1. The molecule has 2 amide bonds. The van der Waals surface area contributed by atoms with Crippen molar-refractivity contribution in [3.8, 4) is 0 Å². The lowest BCUT2D eigenvalue weighted by Crippen LogP contribution is -2.41. The van der Waals surface area contributed by atoms with Crippen molar-refractivity contribution in [3.63, 3.8) is 0 Å². The molecule has 0 aliphatic carbocycles. The summed E-state index contributed by atoms with van der Waals surface area (Å²) in [6, 6.07) is 0. The molecule has 0 bridgehead atoms. The Morgan fingerprint density at radius 3 is 2.56 bits per heavy atom. The lowest BCUT2D eigenvalue weighted by Gasteiger charge is -2.30. The Morgan fingerprint density at radius 1 is 1.34 bits per heavy atom. The SMILES string of the molecule is CCC(CC)C[C@H](CN(O)C=O)C(=O)NNc1ncc(N2CCOCC2)c(C(F)(F)F)n1. The predicted molar refractivity (Wildman–Crippen MR) is 109 cm³/mol. The van der Waals surface area contributed by atoms with E-state index in [1.165, 1.54) is 4.90 Å². The summed E-state index contributed by atoms with van der Waals surface area (Å²) < 4.78 is 45.9. The van der Waals surface area contributed by atoms with Gasteiger partial charge in [-0.2, -0.15) is 13.2 Å². The van der Waals surface area contributed by atoms with E-state index in [9.17, 15) is 28.0 Å². The number of amides is 2. The molecule has 0 saturated carbocycles. The quantitative estimate of drug-likeness (QED) is 0.260. The van der Waals surface area contributed by atoms with E-state index in [0.717, 1.165) is 19.0 Å². The van der Waals surface area contributed by atoms with E-state index in [-0.39, 0.29) is 37.6 Å². The number of carbonyl (C=O) groups is 2. The second-order valence-electron chi connectivity index (χ2n) is 7.48. The monoisotopic (exact) mass is 462 g/mol. The molecule has 0 radical (unpaired) electrons. The van der Waals surface area contributed by atoms with Gasteiger partial charge in [-0.05, 0) is 12.3 Å². The molecule has 1 saturated heterocycles. The van der Waals surface area contributed by atoms with Crippen LogP contribution in [-0.2, 0) is 20.5 Å². The first kappa shape index (κ1) is 25.6. The number of aromatic nitrogens is 2. The summed E-state index contributed by atoms with van der Waals surface area (Å²) >= 11 is 0. The first-order chi connectivity index (χ1) is 15.2. The van der Waals surface area contributed by atoms with Crippen LogP contribution in [-0.4, -0.2) is 65.4 Å². The van der Waals surface area contributed by atoms with Crippen molar-refractivity contribution in [3.05, 3.63) is 11.9 Å². The minimum Gasteiger partial charge on any atom is -0.378 e. The van der Waals surface area contributed by atoms with Crippen LogP contribution in [0.1, 0.15) is 38.8 Å². The van der Waals surface area contributed by atoms with E-state index in [4.69, 9.17) is 4.74 Å². The van der Waals surface area contributed by atoms with Gasteiger partial charge in [0.25, 0.3) is 0 Å². The predicted octanol–water partition coefficient (Wildman–Crippen LogP) is 2.07. The van der Waals surface area contributed by atoms with Gasteiger partial charge in [0, 0.05) is 13.1 Å². The molecule has 1 aromatic rings. The Labute approximate surface area is 184 Å². The number of halogens is 3. The minimum absolute atomic E-state index is 0.161. The molecule has 10 nitrogen and oxygen atoms in total. The number of hydrogen-bond acceptors (Lipinski definition) is 8. The average Bonchev–Trinajstić information content (AvgIpc) is 2.79. The molecule has 2 heterocycles. The van der Waals surface area contributed by atoms with Gasteiger partial charge in [-0.1, -0.05) is 26.7 Å². The number of nitrogens with zero attached hydrogens (tertiary/aromatic N) is 4. The minimum atomic E-state index is -4.73. The Bertz CT molecular complexity index is 757. The van der Waals surface area contributed by atoms with E-state index in [2.05, 4.69) is 20.8 Å². The Balaban J connectivity index is 2.14.